The third-order valence-electron chi connectivity index (χ3n) is 9.35. The van der Waals surface area contributed by atoms with Crippen LogP contribution in [0, 0.1) is 34.5 Å². The molecule has 0 spiro atoms. The lowest BCUT2D eigenvalue weighted by Gasteiger charge is -2.60. The first-order valence-electron chi connectivity index (χ1n) is 11.1. The number of ether oxygens (including phenoxy) is 1. The van der Waals surface area contributed by atoms with E-state index in [1.165, 1.54) is 6.92 Å². The van der Waals surface area contributed by atoms with Gasteiger partial charge in [0.15, 0.2) is 6.61 Å². The first kappa shape index (κ1) is 21.0. The van der Waals surface area contributed by atoms with Crippen LogP contribution in [0.5, 0.6) is 0 Å². The Morgan fingerprint density at radius 3 is 2.55 bits per heavy atom. The molecule has 6 heteroatoms. The molecule has 0 amide bonds. The standard InChI is InChI=1S/C23H34O6/c1-13(24)29-12-19(27)23(28)9-7-17-16-5-4-14-10-15(25)6-8-21(14,2)20(16)18(26)11-22(17,23)3/h14-17,20,25,28H,4-12H2,1-3H3/t14-,15+,16-,17+,20-,21-,22+,23-/m0/s1. The van der Waals surface area contributed by atoms with Gasteiger partial charge in [0.2, 0.25) is 5.78 Å². The predicted molar refractivity (Wildman–Crippen MR) is 105 cm³/mol. The molecule has 0 aromatic rings. The zero-order chi connectivity index (χ0) is 21.2. The van der Waals surface area contributed by atoms with Crippen molar-refractivity contribution in [3.05, 3.63) is 0 Å². The highest BCUT2D eigenvalue weighted by Crippen LogP contribution is 2.67. The zero-order valence-electron chi connectivity index (χ0n) is 17.8. The quantitative estimate of drug-likeness (QED) is 0.698. The topological polar surface area (TPSA) is 101 Å². The SMILES string of the molecule is CC(=O)OCC(=O)[C@@]1(O)CC[C@@H]2[C@@H]3CC[C@H]4C[C@H](O)CC[C@]4(C)[C@@H]3C(=O)C[C@]21C. The number of ketones is 2. The molecule has 4 rings (SSSR count). The molecule has 0 aliphatic heterocycles. The summed E-state index contributed by atoms with van der Waals surface area (Å²) in [4.78, 5) is 37.5. The molecule has 4 fully saturated rings. The Kier molecular flexibility index (Phi) is 4.97. The van der Waals surface area contributed by atoms with Crippen LogP contribution < -0.4 is 0 Å². The van der Waals surface area contributed by atoms with E-state index >= 15 is 0 Å². The van der Waals surface area contributed by atoms with E-state index in [4.69, 9.17) is 4.74 Å². The molecule has 0 aromatic heterocycles. The number of Topliss-reactive ketones (excluding diaryl/α,β-unsaturated/α-hetero) is 2. The van der Waals surface area contributed by atoms with Crippen molar-refractivity contribution in [2.24, 2.45) is 34.5 Å². The fourth-order valence-electron chi connectivity index (χ4n) is 7.80. The minimum absolute atomic E-state index is 0.0438. The van der Waals surface area contributed by atoms with E-state index < -0.39 is 29.4 Å². The van der Waals surface area contributed by atoms with Crippen molar-refractivity contribution in [1.82, 2.24) is 0 Å². The fraction of sp³-hybridized carbons (Fsp3) is 0.870. The van der Waals surface area contributed by atoms with Gasteiger partial charge in [0.1, 0.15) is 11.4 Å². The second-order valence-corrected chi connectivity index (χ2v) is 10.6. The van der Waals surface area contributed by atoms with Crippen LogP contribution >= 0.6 is 0 Å². The third-order valence-corrected chi connectivity index (χ3v) is 9.35. The Bertz CT molecular complexity index is 733. The van der Waals surface area contributed by atoms with Crippen LogP contribution in [0.15, 0.2) is 0 Å². The molecule has 4 saturated carbocycles. The Balaban J connectivity index is 1.63. The molecule has 0 heterocycles. The smallest absolute Gasteiger partial charge is 0.303 e. The highest BCUT2D eigenvalue weighted by molar-refractivity contribution is 5.93. The molecule has 0 bridgehead atoms. The summed E-state index contributed by atoms with van der Waals surface area (Å²) in [7, 11) is 0. The molecule has 4 aliphatic carbocycles. The number of esters is 1. The summed E-state index contributed by atoms with van der Waals surface area (Å²) >= 11 is 0. The van der Waals surface area contributed by atoms with Gasteiger partial charge in [0, 0.05) is 24.7 Å². The van der Waals surface area contributed by atoms with E-state index in [1.54, 1.807) is 0 Å². The lowest BCUT2D eigenvalue weighted by Crippen LogP contribution is -2.62. The van der Waals surface area contributed by atoms with Gasteiger partial charge in [-0.05, 0) is 68.1 Å². The Morgan fingerprint density at radius 1 is 1.14 bits per heavy atom. The number of aliphatic hydroxyl groups is 2. The van der Waals surface area contributed by atoms with Crippen LogP contribution in [-0.2, 0) is 19.1 Å². The maximum atomic E-state index is 13.5. The van der Waals surface area contributed by atoms with Crippen LogP contribution in [0.25, 0.3) is 0 Å². The van der Waals surface area contributed by atoms with E-state index in [0.29, 0.717) is 12.3 Å². The van der Waals surface area contributed by atoms with Crippen molar-refractivity contribution in [3.8, 4) is 0 Å². The largest absolute Gasteiger partial charge is 0.458 e. The summed E-state index contributed by atoms with van der Waals surface area (Å²) in [6.45, 7) is 4.93. The van der Waals surface area contributed by atoms with E-state index in [1.807, 2.05) is 6.92 Å². The van der Waals surface area contributed by atoms with E-state index in [2.05, 4.69) is 6.92 Å². The molecule has 162 valence electrons. The third kappa shape index (κ3) is 2.93. The van der Waals surface area contributed by atoms with Gasteiger partial charge < -0.3 is 14.9 Å². The van der Waals surface area contributed by atoms with Gasteiger partial charge in [0.05, 0.1) is 6.10 Å². The van der Waals surface area contributed by atoms with Crippen molar-refractivity contribution < 1.29 is 29.3 Å². The lowest BCUT2D eigenvalue weighted by atomic mass is 9.44. The first-order chi connectivity index (χ1) is 13.5. The van der Waals surface area contributed by atoms with Gasteiger partial charge in [-0.3, -0.25) is 14.4 Å². The van der Waals surface area contributed by atoms with Gasteiger partial charge in [-0.2, -0.15) is 0 Å². The highest BCUT2D eigenvalue weighted by atomic mass is 16.5. The summed E-state index contributed by atoms with van der Waals surface area (Å²) in [6.07, 6.45) is 5.28. The number of fused-ring (bicyclic) bond motifs is 5. The number of rotatable bonds is 3. The molecule has 8 atom stereocenters. The predicted octanol–water partition coefficient (Wildman–Crippen LogP) is 2.43. The van der Waals surface area contributed by atoms with Crippen LogP contribution in [-0.4, -0.2) is 46.1 Å². The fourth-order valence-corrected chi connectivity index (χ4v) is 7.80. The summed E-state index contributed by atoms with van der Waals surface area (Å²) in [5, 5.41) is 21.6. The van der Waals surface area contributed by atoms with Crippen molar-refractivity contribution in [2.75, 3.05) is 6.61 Å². The summed E-state index contributed by atoms with van der Waals surface area (Å²) in [5.74, 6) is -0.256. The highest BCUT2D eigenvalue weighted by Gasteiger charge is 2.69. The Hall–Kier alpha value is -1.27. The minimum Gasteiger partial charge on any atom is -0.458 e. The molecule has 2 N–H and O–H groups in total. The van der Waals surface area contributed by atoms with E-state index in [0.717, 1.165) is 38.5 Å². The molecule has 4 aliphatic rings. The molecule has 0 saturated heterocycles. The van der Waals surface area contributed by atoms with Crippen molar-refractivity contribution in [2.45, 2.75) is 83.8 Å². The molecule has 0 radical (unpaired) electrons. The average molecular weight is 407 g/mol. The molecule has 29 heavy (non-hydrogen) atoms. The molecule has 6 nitrogen and oxygen atoms in total. The van der Waals surface area contributed by atoms with Gasteiger partial charge in [-0.1, -0.05) is 13.8 Å². The number of aliphatic hydroxyl groups excluding tert-OH is 1. The summed E-state index contributed by atoms with van der Waals surface area (Å²) < 4.78 is 4.88. The van der Waals surface area contributed by atoms with Crippen LogP contribution in [0.2, 0.25) is 0 Å². The zero-order valence-corrected chi connectivity index (χ0v) is 17.8. The van der Waals surface area contributed by atoms with Crippen LogP contribution in [0.3, 0.4) is 0 Å². The number of carbonyl (C=O) groups excluding carboxylic acids is 3. The monoisotopic (exact) mass is 406 g/mol. The normalized spacial score (nSPS) is 49.0. The molecular weight excluding hydrogens is 372 g/mol. The van der Waals surface area contributed by atoms with E-state index in [-0.39, 0.29) is 41.5 Å². The second kappa shape index (κ2) is 6.88. The Labute approximate surface area is 172 Å². The number of hydrogen-bond donors (Lipinski definition) is 2. The lowest BCUT2D eigenvalue weighted by molar-refractivity contribution is -0.181. The first-order valence-corrected chi connectivity index (χ1v) is 11.1. The number of carbonyl (C=O) groups is 3. The van der Waals surface area contributed by atoms with Gasteiger partial charge in [-0.15, -0.1) is 0 Å². The molecule has 0 unspecified atom stereocenters. The number of hydrogen-bond acceptors (Lipinski definition) is 6. The van der Waals surface area contributed by atoms with Gasteiger partial charge in [0.25, 0.3) is 0 Å². The average Bonchev–Trinajstić information content (AvgIpc) is 2.91. The van der Waals surface area contributed by atoms with E-state index in [9.17, 15) is 24.6 Å². The van der Waals surface area contributed by atoms with Crippen molar-refractivity contribution >= 4 is 17.5 Å². The maximum absolute atomic E-state index is 13.5. The van der Waals surface area contributed by atoms with Crippen molar-refractivity contribution in [3.63, 3.8) is 0 Å². The molecular formula is C23H34O6. The molecule has 0 aromatic carbocycles. The van der Waals surface area contributed by atoms with Crippen molar-refractivity contribution in [1.29, 1.82) is 0 Å². The summed E-state index contributed by atoms with van der Waals surface area (Å²) in [5.41, 5.74) is -2.52. The Morgan fingerprint density at radius 2 is 1.86 bits per heavy atom. The van der Waals surface area contributed by atoms with Gasteiger partial charge >= 0.3 is 5.97 Å². The minimum atomic E-state index is -1.62. The second-order valence-electron chi connectivity index (χ2n) is 10.6. The summed E-state index contributed by atoms with van der Waals surface area (Å²) in [6, 6.07) is 0. The van der Waals surface area contributed by atoms with Crippen LogP contribution in [0.1, 0.15) is 72.1 Å². The van der Waals surface area contributed by atoms with Gasteiger partial charge in [-0.25, -0.2) is 0 Å². The maximum Gasteiger partial charge on any atom is 0.303 e. The van der Waals surface area contributed by atoms with Crippen LogP contribution in [0.4, 0.5) is 0 Å².